The molecule has 0 aromatic carbocycles. The standard InChI is InChI=1S/C4H10BrOP/c1-3-7(5,6)4-2/h3-4H2,1-2H3. The molecule has 1 nitrogen and oxygen atoms in total. The molecule has 0 bridgehead atoms. The van der Waals surface area contributed by atoms with E-state index in [2.05, 4.69) is 15.5 Å². The maximum atomic E-state index is 10.9. The molecule has 7 heavy (non-hydrogen) atoms. The van der Waals surface area contributed by atoms with Gasteiger partial charge in [-0.1, -0.05) is 13.8 Å². The molecule has 0 heterocycles. The zero-order valence-corrected chi connectivity index (χ0v) is 7.13. The first kappa shape index (κ1) is 7.71. The molecule has 0 saturated heterocycles. The van der Waals surface area contributed by atoms with E-state index in [0.717, 1.165) is 12.3 Å². The lowest BCUT2D eigenvalue weighted by molar-refractivity contribution is 0.587. The molecular weight excluding hydrogens is 175 g/mol. The van der Waals surface area contributed by atoms with E-state index in [-0.39, 0.29) is 0 Å². The summed E-state index contributed by atoms with van der Waals surface area (Å²) in [7, 11) is 0. The first-order valence-electron chi connectivity index (χ1n) is 2.40. The number of halogens is 1. The van der Waals surface area contributed by atoms with Crippen LogP contribution in [0.4, 0.5) is 0 Å². The lowest BCUT2D eigenvalue weighted by Gasteiger charge is -2.00. The lowest BCUT2D eigenvalue weighted by atomic mass is 11.0. The molecule has 0 fully saturated rings. The number of rotatable bonds is 2. The summed E-state index contributed by atoms with van der Waals surface area (Å²) >= 11 is 3.14. The van der Waals surface area contributed by atoms with E-state index >= 15 is 0 Å². The van der Waals surface area contributed by atoms with Gasteiger partial charge in [-0.3, -0.25) is 0 Å². The monoisotopic (exact) mass is 184 g/mol. The highest BCUT2D eigenvalue weighted by Gasteiger charge is 2.08. The highest BCUT2D eigenvalue weighted by molar-refractivity contribution is 9.40. The van der Waals surface area contributed by atoms with Crippen LogP contribution in [0.3, 0.4) is 0 Å². The van der Waals surface area contributed by atoms with Crippen LogP contribution in [0.2, 0.25) is 0 Å². The molecule has 0 N–H and O–H groups in total. The molecule has 0 aromatic heterocycles. The second kappa shape index (κ2) is 2.88. The van der Waals surface area contributed by atoms with E-state index in [0.29, 0.717) is 0 Å². The van der Waals surface area contributed by atoms with Crippen molar-refractivity contribution in [2.45, 2.75) is 13.8 Å². The fraction of sp³-hybridized carbons (Fsp3) is 1.00. The molecule has 0 unspecified atom stereocenters. The summed E-state index contributed by atoms with van der Waals surface area (Å²) in [6, 6.07) is 0. The highest BCUT2D eigenvalue weighted by atomic mass is 79.9. The second-order valence-corrected chi connectivity index (χ2v) is 8.14. The van der Waals surface area contributed by atoms with Crippen LogP contribution in [-0.2, 0) is 4.57 Å². The zero-order valence-electron chi connectivity index (χ0n) is 4.65. The molecule has 0 aromatic rings. The maximum Gasteiger partial charge on any atom is 0.147 e. The van der Waals surface area contributed by atoms with Crippen LogP contribution in [-0.4, -0.2) is 12.3 Å². The van der Waals surface area contributed by atoms with Gasteiger partial charge >= 0.3 is 0 Å². The van der Waals surface area contributed by atoms with Crippen LogP contribution in [0.5, 0.6) is 0 Å². The predicted molar refractivity (Wildman–Crippen MR) is 37.6 cm³/mol. The van der Waals surface area contributed by atoms with Crippen molar-refractivity contribution in [3.63, 3.8) is 0 Å². The Balaban J connectivity index is 3.61. The molecule has 0 spiro atoms. The van der Waals surface area contributed by atoms with Gasteiger partial charge in [0.05, 0.1) is 0 Å². The van der Waals surface area contributed by atoms with Crippen molar-refractivity contribution in [1.29, 1.82) is 0 Å². The smallest absolute Gasteiger partial charge is 0.147 e. The van der Waals surface area contributed by atoms with Crippen LogP contribution in [0.25, 0.3) is 0 Å². The van der Waals surface area contributed by atoms with E-state index in [1.165, 1.54) is 0 Å². The molecule has 0 aliphatic carbocycles. The largest absolute Gasteiger partial charge is 0.312 e. The summed E-state index contributed by atoms with van der Waals surface area (Å²) in [4.78, 5) is 0. The Morgan fingerprint density at radius 1 is 1.43 bits per heavy atom. The van der Waals surface area contributed by atoms with E-state index in [1.54, 1.807) is 0 Å². The lowest BCUT2D eigenvalue weighted by Crippen LogP contribution is -1.76. The Morgan fingerprint density at radius 2 is 1.71 bits per heavy atom. The Bertz CT molecular complexity index is 83.7. The minimum Gasteiger partial charge on any atom is -0.312 e. The third-order valence-corrected chi connectivity index (χ3v) is 5.84. The molecule has 0 radical (unpaired) electrons. The van der Waals surface area contributed by atoms with Gasteiger partial charge in [0.25, 0.3) is 0 Å². The van der Waals surface area contributed by atoms with Crippen molar-refractivity contribution >= 4 is 21.3 Å². The fourth-order valence-electron chi connectivity index (χ4n) is 0.224. The third kappa shape index (κ3) is 3.31. The van der Waals surface area contributed by atoms with Gasteiger partial charge in [0, 0.05) is 12.3 Å². The minimum atomic E-state index is -1.84. The molecule has 0 aliphatic rings. The first-order valence-corrected chi connectivity index (χ1v) is 6.49. The van der Waals surface area contributed by atoms with Crippen LogP contribution in [0, 0.1) is 0 Å². The molecule has 44 valence electrons. The fourth-order valence-corrected chi connectivity index (χ4v) is 0.671. The van der Waals surface area contributed by atoms with Gasteiger partial charge in [0.15, 0.2) is 0 Å². The Morgan fingerprint density at radius 3 is 1.71 bits per heavy atom. The van der Waals surface area contributed by atoms with E-state index in [4.69, 9.17) is 0 Å². The van der Waals surface area contributed by atoms with Crippen molar-refractivity contribution in [2.24, 2.45) is 0 Å². The van der Waals surface area contributed by atoms with Crippen molar-refractivity contribution < 1.29 is 4.57 Å². The summed E-state index contributed by atoms with van der Waals surface area (Å²) in [5.41, 5.74) is 0. The Hall–Kier alpha value is 0.710. The van der Waals surface area contributed by atoms with Gasteiger partial charge in [-0.2, -0.15) is 0 Å². The zero-order chi connectivity index (χ0) is 5.91. The van der Waals surface area contributed by atoms with Gasteiger partial charge in [0.1, 0.15) is 5.84 Å². The molecule has 0 amide bonds. The summed E-state index contributed by atoms with van der Waals surface area (Å²) in [6.45, 7) is 3.86. The van der Waals surface area contributed by atoms with E-state index in [9.17, 15) is 4.57 Å². The molecule has 0 aliphatic heterocycles. The van der Waals surface area contributed by atoms with Gasteiger partial charge in [-0.05, 0) is 15.5 Å². The average molecular weight is 185 g/mol. The molecule has 0 rings (SSSR count). The van der Waals surface area contributed by atoms with Crippen LogP contribution < -0.4 is 0 Å². The normalized spacial score (nSPS) is 11.9. The quantitative estimate of drug-likeness (QED) is 0.604. The molecular formula is C4H10BrOP. The molecule has 3 heteroatoms. The molecule has 0 atom stereocenters. The van der Waals surface area contributed by atoms with Crippen LogP contribution in [0.1, 0.15) is 13.8 Å². The predicted octanol–water partition coefficient (Wildman–Crippen LogP) is 2.70. The summed E-state index contributed by atoms with van der Waals surface area (Å²) in [5, 5.41) is 0. The summed E-state index contributed by atoms with van der Waals surface area (Å²) in [5.74, 6) is -1.84. The number of hydrogen-bond donors (Lipinski definition) is 0. The van der Waals surface area contributed by atoms with Crippen molar-refractivity contribution in [3.05, 3.63) is 0 Å². The van der Waals surface area contributed by atoms with Gasteiger partial charge in [0.2, 0.25) is 0 Å². The van der Waals surface area contributed by atoms with Crippen molar-refractivity contribution in [1.82, 2.24) is 0 Å². The van der Waals surface area contributed by atoms with Crippen LogP contribution in [0.15, 0.2) is 0 Å². The van der Waals surface area contributed by atoms with Gasteiger partial charge in [-0.25, -0.2) is 0 Å². The SMILES string of the molecule is CCP(=O)(Br)CC. The Kier molecular flexibility index (Phi) is 3.18. The second-order valence-electron chi connectivity index (χ2n) is 1.42. The number of hydrogen-bond acceptors (Lipinski definition) is 1. The topological polar surface area (TPSA) is 17.1 Å². The van der Waals surface area contributed by atoms with Crippen molar-refractivity contribution in [2.75, 3.05) is 12.3 Å². The summed E-state index contributed by atoms with van der Waals surface area (Å²) < 4.78 is 10.9. The van der Waals surface area contributed by atoms with Crippen molar-refractivity contribution in [3.8, 4) is 0 Å². The Labute approximate surface area is 52.6 Å². The van der Waals surface area contributed by atoms with E-state index in [1.807, 2.05) is 13.8 Å². The molecule has 0 saturated carbocycles. The van der Waals surface area contributed by atoms with Gasteiger partial charge in [-0.15, -0.1) is 0 Å². The van der Waals surface area contributed by atoms with Gasteiger partial charge < -0.3 is 4.57 Å². The highest BCUT2D eigenvalue weighted by Crippen LogP contribution is 2.52. The van der Waals surface area contributed by atoms with E-state index < -0.39 is 5.84 Å². The summed E-state index contributed by atoms with van der Waals surface area (Å²) in [6.07, 6.45) is 1.53. The maximum absolute atomic E-state index is 10.9. The average Bonchev–Trinajstić information content (AvgIpc) is 1.68. The third-order valence-electron chi connectivity index (χ3n) is 0.944. The van der Waals surface area contributed by atoms with Crippen LogP contribution >= 0.6 is 21.3 Å². The minimum absolute atomic E-state index is 0.767. The first-order chi connectivity index (χ1) is 3.12.